The van der Waals surface area contributed by atoms with E-state index in [0.29, 0.717) is 0 Å². The molecule has 0 aliphatic heterocycles. The molecular weight excluding hydrogens is 190 g/mol. The van der Waals surface area contributed by atoms with Crippen molar-refractivity contribution >= 4 is 49.6 Å². The van der Waals surface area contributed by atoms with Gasteiger partial charge in [-0.25, -0.2) is 0 Å². The van der Waals surface area contributed by atoms with Gasteiger partial charge in [-0.3, -0.25) is 0 Å². The van der Waals surface area contributed by atoms with Crippen LogP contribution in [0.3, 0.4) is 0 Å². The van der Waals surface area contributed by atoms with Crippen molar-refractivity contribution in [1.29, 1.82) is 0 Å². The summed E-state index contributed by atoms with van der Waals surface area (Å²) in [6.07, 6.45) is 0. The highest BCUT2D eigenvalue weighted by atomic mass is 35.5. The van der Waals surface area contributed by atoms with E-state index in [9.17, 15) is 0 Å². The lowest BCUT2D eigenvalue weighted by molar-refractivity contribution is 2.50. The van der Waals surface area contributed by atoms with Crippen molar-refractivity contribution < 1.29 is 0 Å². The average molecular weight is 210 g/mol. The van der Waals surface area contributed by atoms with Crippen molar-refractivity contribution in [1.82, 2.24) is 0 Å². The second kappa shape index (κ2) is 311. The molecule has 0 spiro atoms. The van der Waals surface area contributed by atoms with Gasteiger partial charge < -0.3 is 0 Å². The fraction of sp³-hybridized carbons (Fsp3) is 1.00. The van der Waals surface area contributed by atoms with Crippen LogP contribution < -0.4 is 0 Å². The number of halogens is 4. The van der Waals surface area contributed by atoms with Gasteiger partial charge in [-0.05, 0) is 0 Å². The molecular formula is C4H20Cl4. The summed E-state index contributed by atoms with van der Waals surface area (Å²) < 4.78 is 0. The smallest absolute Gasteiger partial charge is 0.0776 e. The summed E-state index contributed by atoms with van der Waals surface area (Å²) in [6, 6.07) is 0. The van der Waals surface area contributed by atoms with Crippen LogP contribution >= 0.6 is 49.6 Å². The lowest BCUT2D eigenvalue weighted by atomic mass is 12.0. The van der Waals surface area contributed by atoms with E-state index in [1.807, 2.05) is 0 Å². The molecule has 0 bridgehead atoms. The number of hydrogen-bond donors (Lipinski definition) is 0. The molecule has 0 fully saturated rings. The zero-order chi connectivity index (χ0) is 0. The summed E-state index contributed by atoms with van der Waals surface area (Å²) in [6.45, 7) is 0. The summed E-state index contributed by atoms with van der Waals surface area (Å²) >= 11 is 0. The molecule has 0 rings (SSSR count). The molecule has 0 N–H and O–H groups in total. The molecule has 0 saturated carbocycles. The fourth-order valence-electron chi connectivity index (χ4n) is 0. The van der Waals surface area contributed by atoms with Crippen molar-refractivity contribution in [2.75, 3.05) is 0 Å². The lowest BCUT2D eigenvalue weighted by Gasteiger charge is -0.148. The van der Waals surface area contributed by atoms with E-state index in [1.165, 1.54) is 0 Å². The molecule has 0 unspecified atom stereocenters. The Morgan fingerprint density at radius 3 is 0.250 bits per heavy atom. The third kappa shape index (κ3) is 202. The molecule has 0 aliphatic carbocycles. The van der Waals surface area contributed by atoms with Gasteiger partial charge in [0.05, 0.1) is 0 Å². The van der Waals surface area contributed by atoms with E-state index in [2.05, 4.69) is 0 Å². The summed E-state index contributed by atoms with van der Waals surface area (Å²) in [5, 5.41) is 0. The predicted octanol–water partition coefficient (Wildman–Crippen LogP) is 4.23. The molecule has 0 radical (unpaired) electrons. The highest BCUT2D eigenvalue weighted by Crippen LogP contribution is 0.693. The minimum Gasteiger partial charge on any atom is -0.147 e. The SMILES string of the molecule is C.C.C.C.Cl.Cl.Cl.Cl. The Kier molecular flexibility index (Phi) is 17600. The summed E-state index contributed by atoms with van der Waals surface area (Å²) in [5.41, 5.74) is 0. The van der Waals surface area contributed by atoms with Crippen LogP contribution in [-0.4, -0.2) is 0 Å². The zero-order valence-electron chi connectivity index (χ0n) is 1.63. The molecule has 0 aromatic carbocycles. The quantitative estimate of drug-likeness (QED) is 0.561. The second-order valence-electron chi connectivity index (χ2n) is 0. The summed E-state index contributed by atoms with van der Waals surface area (Å²) in [4.78, 5) is 0. The molecule has 0 aliphatic rings. The van der Waals surface area contributed by atoms with Gasteiger partial charge in [0.1, 0.15) is 0 Å². The predicted molar refractivity (Wildman–Crippen MR) is 55.9 cm³/mol. The first-order chi connectivity index (χ1) is 0. The maximum absolute atomic E-state index is 0. The minimum absolute atomic E-state index is 0. The lowest BCUT2D eigenvalue weighted by Crippen LogP contribution is 0.143. The van der Waals surface area contributed by atoms with Crippen LogP contribution in [0.2, 0.25) is 0 Å². The maximum Gasteiger partial charge on any atom is -0.0776 e. The largest absolute Gasteiger partial charge is 0.147 e. The van der Waals surface area contributed by atoms with Crippen LogP contribution in [-0.2, 0) is 0 Å². The van der Waals surface area contributed by atoms with Crippen LogP contribution in [0.5, 0.6) is 0 Å². The van der Waals surface area contributed by atoms with Crippen molar-refractivity contribution in [3.63, 3.8) is 0 Å². The first-order valence-corrected chi connectivity index (χ1v) is 0. The van der Waals surface area contributed by atoms with E-state index >= 15 is 0 Å². The molecule has 0 nitrogen and oxygen atoms in total. The molecule has 4 heteroatoms. The summed E-state index contributed by atoms with van der Waals surface area (Å²) in [5.74, 6) is 0. The van der Waals surface area contributed by atoms with Gasteiger partial charge in [0.25, 0.3) is 0 Å². The van der Waals surface area contributed by atoms with Crippen molar-refractivity contribution in [3.05, 3.63) is 0 Å². The second-order valence-corrected chi connectivity index (χ2v) is 0. The summed E-state index contributed by atoms with van der Waals surface area (Å²) in [7, 11) is 0. The standard InChI is InChI=1S/4CH4.4ClH/h4*1H4;4*1H. The molecule has 0 saturated heterocycles. The van der Waals surface area contributed by atoms with Crippen LogP contribution in [0.15, 0.2) is 0 Å². The van der Waals surface area contributed by atoms with E-state index in [4.69, 9.17) is 0 Å². The Hall–Kier alpha value is 1.16. The third-order valence-corrected chi connectivity index (χ3v) is 0. The maximum atomic E-state index is 0. The Labute approximate surface area is 79.5 Å². The Bertz CT molecular complexity index is 8.00. The Balaban J connectivity index is 0. The first-order valence-electron chi connectivity index (χ1n) is 0. The molecule has 0 atom stereocenters. The van der Waals surface area contributed by atoms with E-state index in [1.54, 1.807) is 0 Å². The molecule has 0 aromatic rings. The van der Waals surface area contributed by atoms with Gasteiger partial charge in [-0.15, -0.1) is 49.6 Å². The topological polar surface area (TPSA) is 0 Å². The van der Waals surface area contributed by atoms with E-state index < -0.39 is 0 Å². The van der Waals surface area contributed by atoms with Gasteiger partial charge >= 0.3 is 0 Å². The third-order valence-electron chi connectivity index (χ3n) is 0. The van der Waals surface area contributed by atoms with Gasteiger partial charge in [0, 0.05) is 0 Å². The average Bonchev–Trinajstić information content (AvgIpc) is 0. The molecule has 0 amide bonds. The van der Waals surface area contributed by atoms with Crippen LogP contribution in [0.25, 0.3) is 0 Å². The van der Waals surface area contributed by atoms with Gasteiger partial charge in [0.15, 0.2) is 0 Å². The van der Waals surface area contributed by atoms with E-state index in [0.717, 1.165) is 0 Å². The van der Waals surface area contributed by atoms with Crippen LogP contribution in [0.1, 0.15) is 29.7 Å². The van der Waals surface area contributed by atoms with Crippen LogP contribution in [0.4, 0.5) is 0 Å². The Morgan fingerprint density at radius 2 is 0.250 bits per heavy atom. The van der Waals surface area contributed by atoms with Crippen molar-refractivity contribution in [2.45, 2.75) is 29.7 Å². The molecule has 64 valence electrons. The van der Waals surface area contributed by atoms with Gasteiger partial charge in [-0.2, -0.15) is 0 Å². The molecule has 8 heavy (non-hydrogen) atoms. The van der Waals surface area contributed by atoms with Crippen molar-refractivity contribution in [2.24, 2.45) is 0 Å². The minimum atomic E-state index is 0. The van der Waals surface area contributed by atoms with Gasteiger partial charge in [0.2, 0.25) is 0 Å². The molecule has 0 heterocycles. The highest BCUT2D eigenvalue weighted by Gasteiger charge is -0.0743. The first kappa shape index (κ1) is 453. The normalized spacial score (nSPS) is 0. The zero-order valence-corrected chi connectivity index (χ0v) is 4.90. The van der Waals surface area contributed by atoms with Crippen molar-refractivity contribution in [3.8, 4) is 0 Å². The fourth-order valence-corrected chi connectivity index (χ4v) is 0. The molecule has 0 aromatic heterocycles. The number of rotatable bonds is 0. The van der Waals surface area contributed by atoms with Gasteiger partial charge in [-0.1, -0.05) is 29.7 Å². The van der Waals surface area contributed by atoms with Crippen LogP contribution in [0, 0.1) is 0 Å². The van der Waals surface area contributed by atoms with E-state index in [-0.39, 0.29) is 79.3 Å². The monoisotopic (exact) mass is 208 g/mol. The highest BCUT2D eigenvalue weighted by molar-refractivity contribution is 5.86. The Morgan fingerprint density at radius 1 is 0.250 bits per heavy atom. The number of hydrogen-bond acceptors (Lipinski definition) is 0.